The molecular formula is C19H23ClN2O2S2. The van der Waals surface area contributed by atoms with Crippen molar-refractivity contribution in [3.63, 3.8) is 0 Å². The maximum atomic E-state index is 12.9. The van der Waals surface area contributed by atoms with Crippen LogP contribution in [0.3, 0.4) is 0 Å². The van der Waals surface area contributed by atoms with Gasteiger partial charge in [0.05, 0.1) is 4.90 Å². The first-order chi connectivity index (χ1) is 12.4. The zero-order chi connectivity index (χ0) is 18.3. The number of fused-ring (bicyclic) bond motifs is 1. The molecule has 0 saturated carbocycles. The van der Waals surface area contributed by atoms with Crippen LogP contribution in [0.4, 0.5) is 0 Å². The summed E-state index contributed by atoms with van der Waals surface area (Å²) in [6.07, 6.45) is 2.89. The summed E-state index contributed by atoms with van der Waals surface area (Å²) in [6, 6.07) is 7.70. The van der Waals surface area contributed by atoms with Crippen molar-refractivity contribution in [1.82, 2.24) is 9.21 Å². The van der Waals surface area contributed by atoms with E-state index < -0.39 is 10.0 Å². The molecule has 26 heavy (non-hydrogen) atoms. The lowest BCUT2D eigenvalue weighted by Crippen LogP contribution is -2.47. The normalized spacial score (nSPS) is 20.2. The zero-order valence-electron chi connectivity index (χ0n) is 14.8. The molecule has 1 fully saturated rings. The van der Waals surface area contributed by atoms with E-state index in [0.717, 1.165) is 37.9 Å². The molecule has 0 bridgehead atoms. The SMILES string of the molecule is Cc1ccc(S(=O)(=O)N2CCC(N3CCc4sccc4C3)CC2)cc1Cl. The number of halogens is 1. The monoisotopic (exact) mass is 410 g/mol. The number of benzene rings is 1. The van der Waals surface area contributed by atoms with Crippen molar-refractivity contribution in [2.45, 2.75) is 43.7 Å². The molecular weight excluding hydrogens is 388 g/mol. The fraction of sp³-hybridized carbons (Fsp3) is 0.474. The molecule has 0 N–H and O–H groups in total. The van der Waals surface area contributed by atoms with E-state index in [2.05, 4.69) is 16.3 Å². The van der Waals surface area contributed by atoms with Crippen LogP contribution in [0.2, 0.25) is 5.02 Å². The Balaban J connectivity index is 1.42. The topological polar surface area (TPSA) is 40.6 Å². The van der Waals surface area contributed by atoms with Gasteiger partial charge in [0.1, 0.15) is 0 Å². The molecule has 2 aromatic rings. The minimum atomic E-state index is -3.46. The average Bonchev–Trinajstić information content (AvgIpc) is 3.11. The van der Waals surface area contributed by atoms with Crippen LogP contribution in [-0.2, 0) is 23.0 Å². The smallest absolute Gasteiger partial charge is 0.243 e. The van der Waals surface area contributed by atoms with Crippen molar-refractivity contribution in [2.75, 3.05) is 19.6 Å². The molecule has 1 aromatic heterocycles. The Morgan fingerprint density at radius 2 is 1.92 bits per heavy atom. The van der Waals surface area contributed by atoms with E-state index in [1.165, 1.54) is 10.4 Å². The number of nitrogens with zero attached hydrogens (tertiary/aromatic N) is 2. The molecule has 7 heteroatoms. The van der Waals surface area contributed by atoms with E-state index in [0.29, 0.717) is 29.0 Å². The van der Waals surface area contributed by atoms with E-state index in [4.69, 9.17) is 11.6 Å². The highest BCUT2D eigenvalue weighted by Gasteiger charge is 2.33. The molecule has 0 atom stereocenters. The van der Waals surface area contributed by atoms with Gasteiger partial charge in [-0.05, 0) is 60.9 Å². The number of aryl methyl sites for hydroxylation is 1. The lowest BCUT2D eigenvalue weighted by Gasteiger charge is -2.39. The predicted molar refractivity (Wildman–Crippen MR) is 106 cm³/mol. The van der Waals surface area contributed by atoms with Crippen LogP contribution >= 0.6 is 22.9 Å². The lowest BCUT2D eigenvalue weighted by molar-refractivity contribution is 0.127. The van der Waals surface area contributed by atoms with Crippen LogP contribution in [0.15, 0.2) is 34.5 Å². The maximum absolute atomic E-state index is 12.9. The van der Waals surface area contributed by atoms with Crippen molar-refractivity contribution in [1.29, 1.82) is 0 Å². The van der Waals surface area contributed by atoms with Gasteiger partial charge < -0.3 is 0 Å². The van der Waals surface area contributed by atoms with Gasteiger partial charge in [-0.1, -0.05) is 17.7 Å². The number of thiophene rings is 1. The minimum absolute atomic E-state index is 0.299. The third-order valence-corrected chi connectivity index (χ3v) is 8.88. The Bertz CT molecular complexity index is 902. The lowest BCUT2D eigenvalue weighted by atomic mass is 10.0. The van der Waals surface area contributed by atoms with Gasteiger partial charge in [-0.2, -0.15) is 4.31 Å². The molecule has 3 heterocycles. The molecule has 4 nitrogen and oxygen atoms in total. The summed E-state index contributed by atoms with van der Waals surface area (Å²) in [5.41, 5.74) is 2.34. The Hall–Kier alpha value is -0.920. The number of hydrogen-bond donors (Lipinski definition) is 0. The Morgan fingerprint density at radius 3 is 2.65 bits per heavy atom. The minimum Gasteiger partial charge on any atom is -0.296 e. The highest BCUT2D eigenvalue weighted by atomic mass is 35.5. The molecule has 2 aliphatic heterocycles. The molecule has 4 rings (SSSR count). The average molecular weight is 411 g/mol. The maximum Gasteiger partial charge on any atom is 0.243 e. The first-order valence-electron chi connectivity index (χ1n) is 9.01. The van der Waals surface area contributed by atoms with Crippen molar-refractivity contribution in [3.8, 4) is 0 Å². The summed E-state index contributed by atoms with van der Waals surface area (Å²) in [5.74, 6) is 0. The number of hydrogen-bond acceptors (Lipinski definition) is 4. The van der Waals surface area contributed by atoms with Crippen LogP contribution in [0.5, 0.6) is 0 Å². The summed E-state index contributed by atoms with van der Waals surface area (Å²) in [6.45, 7) is 5.11. The van der Waals surface area contributed by atoms with Gasteiger partial charge in [-0.3, -0.25) is 4.90 Å². The second kappa shape index (κ2) is 7.24. The number of piperidine rings is 1. The van der Waals surface area contributed by atoms with Crippen molar-refractivity contribution in [2.24, 2.45) is 0 Å². The largest absolute Gasteiger partial charge is 0.296 e. The summed E-state index contributed by atoms with van der Waals surface area (Å²) < 4.78 is 27.5. The fourth-order valence-electron chi connectivity index (χ4n) is 3.91. The Morgan fingerprint density at radius 1 is 1.15 bits per heavy atom. The third-order valence-electron chi connectivity index (χ3n) is 5.56. The van der Waals surface area contributed by atoms with Gasteiger partial charge in [0, 0.05) is 42.1 Å². The van der Waals surface area contributed by atoms with Crippen molar-refractivity contribution < 1.29 is 8.42 Å². The molecule has 0 radical (unpaired) electrons. The molecule has 140 valence electrons. The molecule has 1 aromatic carbocycles. The third kappa shape index (κ3) is 3.45. The molecule has 2 aliphatic rings. The van der Waals surface area contributed by atoms with E-state index in [9.17, 15) is 8.42 Å². The molecule has 0 unspecified atom stereocenters. The quantitative estimate of drug-likeness (QED) is 0.769. The van der Waals surface area contributed by atoms with Crippen molar-refractivity contribution in [3.05, 3.63) is 50.7 Å². The van der Waals surface area contributed by atoms with Crippen LogP contribution in [0, 0.1) is 6.92 Å². The van der Waals surface area contributed by atoms with Gasteiger partial charge in [-0.25, -0.2) is 8.42 Å². The van der Waals surface area contributed by atoms with Crippen molar-refractivity contribution >= 4 is 33.0 Å². The van der Waals surface area contributed by atoms with Gasteiger partial charge >= 0.3 is 0 Å². The molecule has 0 amide bonds. The Labute approximate surface area is 164 Å². The highest BCUT2D eigenvalue weighted by Crippen LogP contribution is 2.30. The van der Waals surface area contributed by atoms with Crippen LogP contribution in [0.25, 0.3) is 0 Å². The second-order valence-corrected chi connectivity index (χ2v) is 10.5. The van der Waals surface area contributed by atoms with Crippen LogP contribution in [0.1, 0.15) is 28.8 Å². The number of sulfonamides is 1. The number of rotatable bonds is 3. The Kier molecular flexibility index (Phi) is 5.14. The van der Waals surface area contributed by atoms with Gasteiger partial charge in [0.25, 0.3) is 0 Å². The van der Waals surface area contributed by atoms with Gasteiger partial charge in [0.15, 0.2) is 0 Å². The summed E-state index contributed by atoms with van der Waals surface area (Å²) in [5, 5.41) is 2.68. The van der Waals surface area contributed by atoms with Crippen LogP contribution in [-0.4, -0.2) is 43.3 Å². The highest BCUT2D eigenvalue weighted by molar-refractivity contribution is 7.89. The summed E-state index contributed by atoms with van der Waals surface area (Å²) in [7, 11) is -3.46. The van der Waals surface area contributed by atoms with Gasteiger partial charge in [0.2, 0.25) is 10.0 Å². The molecule has 0 spiro atoms. The first-order valence-corrected chi connectivity index (χ1v) is 11.7. The van der Waals surface area contributed by atoms with Gasteiger partial charge in [-0.15, -0.1) is 11.3 Å². The predicted octanol–water partition coefficient (Wildman–Crippen LogP) is 3.92. The summed E-state index contributed by atoms with van der Waals surface area (Å²) >= 11 is 7.98. The van der Waals surface area contributed by atoms with Crippen LogP contribution < -0.4 is 0 Å². The van der Waals surface area contributed by atoms with E-state index in [1.54, 1.807) is 22.5 Å². The molecule has 1 saturated heterocycles. The van der Waals surface area contributed by atoms with E-state index in [1.807, 2.05) is 18.3 Å². The fourth-order valence-corrected chi connectivity index (χ4v) is 6.54. The zero-order valence-corrected chi connectivity index (χ0v) is 17.2. The summed E-state index contributed by atoms with van der Waals surface area (Å²) in [4.78, 5) is 4.34. The standard InChI is InChI=1S/C19H23ClN2O2S2/c1-14-2-3-17(12-18(14)20)26(23,24)22-9-4-16(5-10-22)21-8-6-19-15(13-21)7-11-25-19/h2-3,7,11-12,16H,4-6,8-10,13H2,1H3. The van der Waals surface area contributed by atoms with E-state index >= 15 is 0 Å². The first kappa shape index (κ1) is 18.4. The van der Waals surface area contributed by atoms with E-state index in [-0.39, 0.29) is 0 Å². The molecule has 0 aliphatic carbocycles. The second-order valence-electron chi connectivity index (χ2n) is 7.14.